The summed E-state index contributed by atoms with van der Waals surface area (Å²) in [6.07, 6.45) is 5.22. The fraction of sp³-hybridized carbons (Fsp3) is 0.700. The fourth-order valence-corrected chi connectivity index (χ4v) is 2.38. The van der Waals surface area contributed by atoms with Crippen LogP contribution in [0.3, 0.4) is 0 Å². The Labute approximate surface area is 87.7 Å². The Morgan fingerprint density at radius 3 is 2.93 bits per heavy atom. The molecule has 1 heterocycles. The van der Waals surface area contributed by atoms with Gasteiger partial charge in [-0.15, -0.1) is 5.10 Å². The number of carbonyl (C=O) groups is 1. The SMILES string of the molecule is CCCc1nnsc1C(=O)C1CCC1. The van der Waals surface area contributed by atoms with Crippen molar-refractivity contribution in [2.75, 3.05) is 0 Å². The molecule has 0 bridgehead atoms. The minimum Gasteiger partial charge on any atom is -0.293 e. The van der Waals surface area contributed by atoms with Gasteiger partial charge in [0.15, 0.2) is 5.78 Å². The van der Waals surface area contributed by atoms with Crippen LogP contribution in [-0.2, 0) is 6.42 Å². The molecule has 1 saturated carbocycles. The molecular formula is C10H14N2OS. The number of aryl methyl sites for hydroxylation is 1. The normalized spacial score (nSPS) is 16.6. The highest BCUT2D eigenvalue weighted by Gasteiger charge is 2.29. The molecule has 1 aliphatic carbocycles. The Balaban J connectivity index is 2.13. The van der Waals surface area contributed by atoms with Gasteiger partial charge in [-0.3, -0.25) is 4.79 Å². The van der Waals surface area contributed by atoms with Gasteiger partial charge in [0, 0.05) is 5.92 Å². The van der Waals surface area contributed by atoms with Gasteiger partial charge in [-0.25, -0.2) is 0 Å². The number of aromatic nitrogens is 2. The Bertz CT molecular complexity index is 331. The van der Waals surface area contributed by atoms with Crippen molar-refractivity contribution in [3.8, 4) is 0 Å². The van der Waals surface area contributed by atoms with Gasteiger partial charge in [0.05, 0.1) is 5.69 Å². The molecule has 0 unspecified atom stereocenters. The first-order chi connectivity index (χ1) is 6.83. The summed E-state index contributed by atoms with van der Waals surface area (Å²) in [6.45, 7) is 2.09. The largest absolute Gasteiger partial charge is 0.293 e. The lowest BCUT2D eigenvalue weighted by Crippen LogP contribution is -2.22. The summed E-state index contributed by atoms with van der Waals surface area (Å²) in [5, 5.41) is 4.02. The standard InChI is InChI=1S/C10H14N2OS/c1-2-4-8-10(14-12-11-8)9(13)7-5-3-6-7/h7H,2-6H2,1H3. The minimum atomic E-state index is 0.271. The maximum Gasteiger partial charge on any atom is 0.179 e. The van der Waals surface area contributed by atoms with E-state index >= 15 is 0 Å². The van der Waals surface area contributed by atoms with Crippen molar-refractivity contribution >= 4 is 17.3 Å². The monoisotopic (exact) mass is 210 g/mol. The Kier molecular flexibility index (Phi) is 2.91. The van der Waals surface area contributed by atoms with Crippen molar-refractivity contribution < 1.29 is 4.79 Å². The van der Waals surface area contributed by atoms with E-state index in [1.54, 1.807) is 0 Å². The zero-order valence-electron chi connectivity index (χ0n) is 8.32. The lowest BCUT2D eigenvalue weighted by molar-refractivity contribution is 0.0858. The third kappa shape index (κ3) is 1.71. The van der Waals surface area contributed by atoms with Crippen molar-refractivity contribution in [2.45, 2.75) is 39.0 Å². The number of Topliss-reactive ketones (excluding diaryl/α,β-unsaturated/α-hetero) is 1. The van der Waals surface area contributed by atoms with Crippen LogP contribution in [0.1, 0.15) is 48.0 Å². The van der Waals surface area contributed by atoms with E-state index in [9.17, 15) is 4.79 Å². The zero-order valence-corrected chi connectivity index (χ0v) is 9.14. The van der Waals surface area contributed by atoms with Crippen molar-refractivity contribution in [2.24, 2.45) is 5.92 Å². The molecule has 2 rings (SSSR count). The van der Waals surface area contributed by atoms with E-state index in [0.29, 0.717) is 0 Å². The molecule has 0 N–H and O–H groups in total. The van der Waals surface area contributed by atoms with E-state index in [0.717, 1.165) is 36.3 Å². The first kappa shape index (κ1) is 9.77. The van der Waals surface area contributed by atoms with Crippen LogP contribution in [0.15, 0.2) is 0 Å². The Morgan fingerprint density at radius 1 is 1.57 bits per heavy atom. The zero-order chi connectivity index (χ0) is 9.97. The van der Waals surface area contributed by atoms with Gasteiger partial charge in [-0.2, -0.15) is 0 Å². The van der Waals surface area contributed by atoms with Crippen molar-refractivity contribution in [3.63, 3.8) is 0 Å². The van der Waals surface area contributed by atoms with Crippen LogP contribution in [0.2, 0.25) is 0 Å². The molecule has 1 aromatic heterocycles. The number of hydrogen-bond donors (Lipinski definition) is 0. The molecule has 0 atom stereocenters. The highest BCUT2D eigenvalue weighted by atomic mass is 32.1. The van der Waals surface area contributed by atoms with E-state index in [4.69, 9.17) is 0 Å². The third-order valence-corrected chi connectivity index (χ3v) is 3.52. The molecule has 0 saturated heterocycles. The summed E-state index contributed by atoms with van der Waals surface area (Å²) in [6, 6.07) is 0. The van der Waals surface area contributed by atoms with E-state index in [1.807, 2.05) is 0 Å². The summed E-state index contributed by atoms with van der Waals surface area (Å²) in [5.41, 5.74) is 0.911. The van der Waals surface area contributed by atoms with Crippen molar-refractivity contribution in [1.82, 2.24) is 9.59 Å². The predicted octanol–water partition coefficient (Wildman–Crippen LogP) is 2.47. The number of rotatable bonds is 4. The maximum absolute atomic E-state index is 11.9. The lowest BCUT2D eigenvalue weighted by Gasteiger charge is -2.22. The lowest BCUT2D eigenvalue weighted by atomic mass is 9.81. The van der Waals surface area contributed by atoms with Crippen molar-refractivity contribution in [3.05, 3.63) is 10.6 Å². The molecular weight excluding hydrogens is 196 g/mol. The van der Waals surface area contributed by atoms with Crippen LogP contribution < -0.4 is 0 Å². The van der Waals surface area contributed by atoms with E-state index in [-0.39, 0.29) is 11.7 Å². The minimum absolute atomic E-state index is 0.271. The summed E-state index contributed by atoms with van der Waals surface area (Å²) in [4.78, 5) is 12.7. The summed E-state index contributed by atoms with van der Waals surface area (Å²) in [5.74, 6) is 0.558. The molecule has 0 aromatic carbocycles. The van der Waals surface area contributed by atoms with Crippen LogP contribution in [0, 0.1) is 5.92 Å². The van der Waals surface area contributed by atoms with Gasteiger partial charge < -0.3 is 0 Å². The van der Waals surface area contributed by atoms with Gasteiger partial charge in [0.25, 0.3) is 0 Å². The van der Waals surface area contributed by atoms with Gasteiger partial charge in [-0.05, 0) is 30.8 Å². The second kappa shape index (κ2) is 4.17. The topological polar surface area (TPSA) is 42.9 Å². The first-order valence-electron chi connectivity index (χ1n) is 5.18. The molecule has 4 heteroatoms. The Hall–Kier alpha value is -0.770. The molecule has 0 amide bonds. The summed E-state index contributed by atoms with van der Waals surface area (Å²) < 4.78 is 3.87. The van der Waals surface area contributed by atoms with Crippen LogP contribution in [-0.4, -0.2) is 15.4 Å². The molecule has 14 heavy (non-hydrogen) atoms. The van der Waals surface area contributed by atoms with Crippen LogP contribution in [0.4, 0.5) is 0 Å². The second-order valence-electron chi connectivity index (χ2n) is 3.79. The molecule has 0 aliphatic heterocycles. The summed E-state index contributed by atoms with van der Waals surface area (Å²) >= 11 is 1.26. The smallest absolute Gasteiger partial charge is 0.179 e. The molecule has 76 valence electrons. The van der Waals surface area contributed by atoms with E-state index in [2.05, 4.69) is 16.5 Å². The van der Waals surface area contributed by atoms with Gasteiger partial charge >= 0.3 is 0 Å². The molecule has 3 nitrogen and oxygen atoms in total. The van der Waals surface area contributed by atoms with Crippen molar-refractivity contribution in [1.29, 1.82) is 0 Å². The quantitative estimate of drug-likeness (QED) is 0.717. The van der Waals surface area contributed by atoms with Crippen LogP contribution in [0.5, 0.6) is 0 Å². The summed E-state index contributed by atoms with van der Waals surface area (Å²) in [7, 11) is 0. The highest BCUT2D eigenvalue weighted by molar-refractivity contribution is 7.08. The van der Waals surface area contributed by atoms with Gasteiger partial charge in [0.2, 0.25) is 0 Å². The highest BCUT2D eigenvalue weighted by Crippen LogP contribution is 2.31. The molecule has 1 aliphatic rings. The maximum atomic E-state index is 11.9. The number of carbonyl (C=O) groups excluding carboxylic acids is 1. The van der Waals surface area contributed by atoms with E-state index < -0.39 is 0 Å². The third-order valence-electron chi connectivity index (χ3n) is 2.74. The molecule has 0 spiro atoms. The number of nitrogens with zero attached hydrogens (tertiary/aromatic N) is 2. The average Bonchev–Trinajstić information content (AvgIpc) is 2.49. The number of hydrogen-bond acceptors (Lipinski definition) is 4. The van der Waals surface area contributed by atoms with Gasteiger partial charge in [0.1, 0.15) is 4.88 Å². The molecule has 1 aromatic rings. The first-order valence-corrected chi connectivity index (χ1v) is 5.95. The molecule has 1 fully saturated rings. The molecule has 0 radical (unpaired) electrons. The number of ketones is 1. The van der Waals surface area contributed by atoms with E-state index in [1.165, 1.54) is 18.0 Å². The predicted molar refractivity (Wildman–Crippen MR) is 55.6 cm³/mol. The van der Waals surface area contributed by atoms with Crippen LogP contribution in [0.25, 0.3) is 0 Å². The Morgan fingerprint density at radius 2 is 2.36 bits per heavy atom. The van der Waals surface area contributed by atoms with Crippen LogP contribution >= 0.6 is 11.5 Å². The average molecular weight is 210 g/mol. The fourth-order valence-electron chi connectivity index (χ4n) is 1.65. The van der Waals surface area contributed by atoms with Gasteiger partial charge in [-0.1, -0.05) is 24.3 Å². The second-order valence-corrected chi connectivity index (χ2v) is 4.54.